The van der Waals surface area contributed by atoms with Crippen molar-refractivity contribution in [3.05, 3.63) is 23.3 Å². The first-order valence-corrected chi connectivity index (χ1v) is 7.34. The van der Waals surface area contributed by atoms with Gasteiger partial charge in [0.05, 0.1) is 10.2 Å². The minimum Gasteiger partial charge on any atom is -0.348 e. The van der Waals surface area contributed by atoms with Crippen LogP contribution in [0.15, 0.2) is 12.1 Å². The fourth-order valence-corrected chi connectivity index (χ4v) is 3.52. The summed E-state index contributed by atoms with van der Waals surface area (Å²) in [6, 6.07) is 4.75. The minimum atomic E-state index is 0.375. The number of aromatic nitrogens is 1. The topological polar surface area (TPSA) is 42.1 Å². The first kappa shape index (κ1) is 11.9. The number of anilines is 1. The molecular weight excluding hydrogens is 242 g/mol. The zero-order valence-corrected chi connectivity index (χ0v) is 11.8. The van der Waals surface area contributed by atoms with Gasteiger partial charge in [-0.15, -0.1) is 0 Å². The lowest BCUT2D eigenvalue weighted by Gasteiger charge is -2.29. The van der Waals surface area contributed by atoms with Crippen LogP contribution >= 0.6 is 11.3 Å². The highest BCUT2D eigenvalue weighted by Crippen LogP contribution is 2.32. The van der Waals surface area contributed by atoms with Crippen LogP contribution in [0.5, 0.6) is 0 Å². The fourth-order valence-electron chi connectivity index (χ4n) is 2.44. The zero-order valence-electron chi connectivity index (χ0n) is 10.9. The molecule has 18 heavy (non-hydrogen) atoms. The summed E-state index contributed by atoms with van der Waals surface area (Å²) in [7, 11) is 0. The molecule has 0 saturated carbocycles. The maximum Gasteiger partial charge on any atom is 0.186 e. The van der Waals surface area contributed by atoms with Crippen LogP contribution in [0.4, 0.5) is 5.13 Å². The van der Waals surface area contributed by atoms with Crippen molar-refractivity contribution in [2.75, 3.05) is 18.0 Å². The molecule has 2 N–H and O–H groups in total. The molecule has 2 heterocycles. The average molecular weight is 261 g/mol. The summed E-state index contributed by atoms with van der Waals surface area (Å²) >= 11 is 1.80. The first-order valence-electron chi connectivity index (χ1n) is 6.52. The molecule has 96 valence electrons. The summed E-state index contributed by atoms with van der Waals surface area (Å²) in [4.78, 5) is 7.20. The molecule has 4 heteroatoms. The van der Waals surface area contributed by atoms with Gasteiger partial charge in [0.1, 0.15) is 0 Å². The summed E-state index contributed by atoms with van der Waals surface area (Å²) in [6.45, 7) is 6.39. The fraction of sp³-hybridized carbons (Fsp3) is 0.500. The van der Waals surface area contributed by atoms with Gasteiger partial charge in [-0.1, -0.05) is 17.4 Å². The molecule has 0 aliphatic carbocycles. The Morgan fingerprint density at radius 1 is 1.28 bits per heavy atom. The van der Waals surface area contributed by atoms with Crippen LogP contribution in [0.2, 0.25) is 0 Å². The Morgan fingerprint density at radius 2 is 2.00 bits per heavy atom. The van der Waals surface area contributed by atoms with E-state index in [4.69, 9.17) is 10.7 Å². The number of fused-ring (bicyclic) bond motifs is 1. The second-order valence-corrected chi connectivity index (χ2v) is 6.18. The molecule has 0 spiro atoms. The van der Waals surface area contributed by atoms with Gasteiger partial charge in [-0.2, -0.15) is 0 Å². The van der Waals surface area contributed by atoms with Gasteiger partial charge in [0.2, 0.25) is 0 Å². The summed E-state index contributed by atoms with van der Waals surface area (Å²) in [5.74, 6) is 0. The molecule has 0 bridgehead atoms. The normalized spacial score (nSPS) is 17.6. The highest BCUT2D eigenvalue weighted by Gasteiger charge is 2.19. The maximum absolute atomic E-state index is 5.95. The van der Waals surface area contributed by atoms with Gasteiger partial charge < -0.3 is 10.6 Å². The van der Waals surface area contributed by atoms with E-state index in [2.05, 4.69) is 30.9 Å². The molecule has 1 aliphatic rings. The predicted molar refractivity (Wildman–Crippen MR) is 78.5 cm³/mol. The Kier molecular flexibility index (Phi) is 2.99. The van der Waals surface area contributed by atoms with E-state index in [0.29, 0.717) is 6.04 Å². The number of nitrogens with two attached hydrogens (primary N) is 1. The number of nitrogens with zero attached hydrogens (tertiary/aromatic N) is 2. The summed E-state index contributed by atoms with van der Waals surface area (Å²) < 4.78 is 1.29. The Balaban J connectivity index is 1.96. The summed E-state index contributed by atoms with van der Waals surface area (Å²) in [5.41, 5.74) is 9.75. The molecule has 2 aromatic rings. The van der Waals surface area contributed by atoms with E-state index in [0.717, 1.165) is 31.1 Å². The quantitative estimate of drug-likeness (QED) is 0.858. The number of hydrogen-bond donors (Lipinski definition) is 1. The average Bonchev–Trinajstić information content (AvgIpc) is 2.80. The third-order valence-electron chi connectivity index (χ3n) is 3.88. The lowest BCUT2D eigenvalue weighted by molar-refractivity contribution is 0.501. The van der Waals surface area contributed by atoms with Crippen molar-refractivity contribution in [2.45, 2.75) is 32.7 Å². The molecule has 0 radical (unpaired) electrons. The van der Waals surface area contributed by atoms with Crippen molar-refractivity contribution in [1.29, 1.82) is 0 Å². The van der Waals surface area contributed by atoms with Gasteiger partial charge >= 0.3 is 0 Å². The summed E-state index contributed by atoms with van der Waals surface area (Å²) in [6.07, 6.45) is 2.15. The number of rotatable bonds is 1. The van der Waals surface area contributed by atoms with Crippen LogP contribution in [0.25, 0.3) is 10.2 Å². The standard InChI is InChI=1S/C14H19N3S/c1-9-3-4-12-13(10(9)2)16-14(18-12)17-7-5-11(15)6-8-17/h3-4,11H,5-8,15H2,1-2H3. The molecule has 1 saturated heterocycles. The van der Waals surface area contributed by atoms with E-state index in [1.54, 1.807) is 11.3 Å². The van der Waals surface area contributed by atoms with E-state index >= 15 is 0 Å². The third kappa shape index (κ3) is 1.99. The van der Waals surface area contributed by atoms with Crippen molar-refractivity contribution in [2.24, 2.45) is 5.73 Å². The van der Waals surface area contributed by atoms with Crippen LogP contribution in [-0.4, -0.2) is 24.1 Å². The maximum atomic E-state index is 5.95. The summed E-state index contributed by atoms with van der Waals surface area (Å²) in [5, 5.41) is 1.16. The van der Waals surface area contributed by atoms with E-state index in [-0.39, 0.29) is 0 Å². The van der Waals surface area contributed by atoms with Crippen molar-refractivity contribution in [1.82, 2.24) is 4.98 Å². The van der Waals surface area contributed by atoms with Crippen molar-refractivity contribution in [3.8, 4) is 0 Å². The number of hydrogen-bond acceptors (Lipinski definition) is 4. The van der Waals surface area contributed by atoms with Crippen LogP contribution in [0.3, 0.4) is 0 Å². The van der Waals surface area contributed by atoms with Gasteiger partial charge in [0, 0.05) is 19.1 Å². The highest BCUT2D eigenvalue weighted by molar-refractivity contribution is 7.22. The molecule has 1 aliphatic heterocycles. The van der Waals surface area contributed by atoms with E-state index < -0.39 is 0 Å². The Hall–Kier alpha value is -1.13. The van der Waals surface area contributed by atoms with Crippen LogP contribution in [0.1, 0.15) is 24.0 Å². The van der Waals surface area contributed by atoms with Crippen molar-refractivity contribution >= 4 is 26.7 Å². The van der Waals surface area contributed by atoms with Crippen LogP contribution in [-0.2, 0) is 0 Å². The van der Waals surface area contributed by atoms with Crippen LogP contribution < -0.4 is 10.6 Å². The molecule has 0 unspecified atom stereocenters. The lowest BCUT2D eigenvalue weighted by atomic mass is 10.1. The Morgan fingerprint density at radius 3 is 2.72 bits per heavy atom. The van der Waals surface area contributed by atoms with Gasteiger partial charge in [-0.3, -0.25) is 0 Å². The van der Waals surface area contributed by atoms with E-state index in [9.17, 15) is 0 Å². The molecule has 3 nitrogen and oxygen atoms in total. The lowest BCUT2D eigenvalue weighted by Crippen LogP contribution is -2.39. The van der Waals surface area contributed by atoms with Gasteiger partial charge in [0.25, 0.3) is 0 Å². The largest absolute Gasteiger partial charge is 0.348 e. The molecular formula is C14H19N3S. The number of aryl methyl sites for hydroxylation is 2. The molecule has 1 fully saturated rings. The Labute approximate surface area is 112 Å². The number of piperidine rings is 1. The SMILES string of the molecule is Cc1ccc2sc(N3CCC(N)CC3)nc2c1C. The van der Waals surface area contributed by atoms with E-state index in [1.807, 2.05) is 0 Å². The first-order chi connectivity index (χ1) is 8.65. The third-order valence-corrected chi connectivity index (χ3v) is 4.97. The zero-order chi connectivity index (χ0) is 12.7. The predicted octanol–water partition coefficient (Wildman–Crippen LogP) is 2.84. The Bertz CT molecular complexity index is 568. The van der Waals surface area contributed by atoms with Crippen molar-refractivity contribution in [3.63, 3.8) is 0 Å². The molecule has 1 aromatic heterocycles. The van der Waals surface area contributed by atoms with Crippen molar-refractivity contribution < 1.29 is 0 Å². The minimum absolute atomic E-state index is 0.375. The number of benzene rings is 1. The van der Waals surface area contributed by atoms with Gasteiger partial charge in [-0.05, 0) is 43.9 Å². The molecule has 0 atom stereocenters. The van der Waals surface area contributed by atoms with Gasteiger partial charge in [0.15, 0.2) is 5.13 Å². The second-order valence-electron chi connectivity index (χ2n) is 5.18. The number of thiazole rings is 1. The molecule has 1 aromatic carbocycles. The smallest absolute Gasteiger partial charge is 0.186 e. The van der Waals surface area contributed by atoms with E-state index in [1.165, 1.54) is 21.3 Å². The molecule has 3 rings (SSSR count). The monoisotopic (exact) mass is 261 g/mol. The highest BCUT2D eigenvalue weighted by atomic mass is 32.1. The molecule has 0 amide bonds. The van der Waals surface area contributed by atoms with Crippen LogP contribution in [0, 0.1) is 13.8 Å². The van der Waals surface area contributed by atoms with Gasteiger partial charge in [-0.25, -0.2) is 4.98 Å². The second kappa shape index (κ2) is 4.52.